The Kier molecular flexibility index (Phi) is 5.58. The maximum Gasteiger partial charge on any atom is 0.416 e. The van der Waals surface area contributed by atoms with Crippen molar-refractivity contribution in [2.75, 3.05) is 6.61 Å². The Bertz CT molecular complexity index is 978. The lowest BCUT2D eigenvalue weighted by Crippen LogP contribution is -2.08. The van der Waals surface area contributed by atoms with Gasteiger partial charge >= 0.3 is 12.1 Å². The van der Waals surface area contributed by atoms with Gasteiger partial charge in [0.2, 0.25) is 0 Å². The quantitative estimate of drug-likeness (QED) is 0.599. The molecule has 0 atom stereocenters. The Morgan fingerprint density at radius 2 is 1.75 bits per heavy atom. The first kappa shape index (κ1) is 19.3. The topological polar surface area (TPSA) is 57.0 Å². The van der Waals surface area contributed by atoms with Crippen molar-refractivity contribution in [1.82, 2.24) is 15.0 Å². The van der Waals surface area contributed by atoms with Gasteiger partial charge in [-0.2, -0.15) is 13.2 Å². The number of halogens is 3. The van der Waals surface area contributed by atoms with Crippen LogP contribution in [0, 0.1) is 0 Å². The van der Waals surface area contributed by atoms with Gasteiger partial charge in [-0.05, 0) is 42.8 Å². The number of ether oxygens (including phenoxy) is 1. The summed E-state index contributed by atoms with van der Waals surface area (Å²) < 4.78 is 44.6. The first-order valence-corrected chi connectivity index (χ1v) is 8.43. The molecule has 0 bridgehead atoms. The summed E-state index contributed by atoms with van der Waals surface area (Å²) in [5.74, 6) is -0.628. The van der Waals surface area contributed by atoms with E-state index in [1.54, 1.807) is 31.2 Å². The summed E-state index contributed by atoms with van der Waals surface area (Å²) in [6.07, 6.45) is -1.24. The highest BCUT2D eigenvalue weighted by atomic mass is 19.4. The summed E-state index contributed by atoms with van der Waals surface area (Å²) in [7, 11) is 0. The fourth-order valence-electron chi connectivity index (χ4n) is 2.50. The number of rotatable bonds is 5. The van der Waals surface area contributed by atoms with Crippen molar-refractivity contribution < 1.29 is 22.7 Å². The molecule has 0 saturated carbocycles. The fraction of sp³-hybridized carbons (Fsp3) is 0.150. The summed E-state index contributed by atoms with van der Waals surface area (Å²) in [5.41, 5.74) is 0.868. The second-order valence-electron chi connectivity index (χ2n) is 5.74. The zero-order valence-electron chi connectivity index (χ0n) is 14.8. The van der Waals surface area contributed by atoms with Crippen molar-refractivity contribution in [3.8, 4) is 5.69 Å². The van der Waals surface area contributed by atoms with E-state index >= 15 is 0 Å². The lowest BCUT2D eigenvalue weighted by atomic mass is 10.1. The average Bonchev–Trinajstić information content (AvgIpc) is 3.11. The Hall–Kier alpha value is -3.42. The van der Waals surface area contributed by atoms with E-state index in [-0.39, 0.29) is 12.3 Å². The number of para-hydroxylation sites is 1. The number of esters is 1. The second-order valence-corrected chi connectivity index (χ2v) is 5.74. The first-order valence-electron chi connectivity index (χ1n) is 8.43. The average molecular weight is 387 g/mol. The van der Waals surface area contributed by atoms with Gasteiger partial charge in [0.1, 0.15) is 5.69 Å². The fourth-order valence-corrected chi connectivity index (χ4v) is 2.50. The highest BCUT2D eigenvalue weighted by Crippen LogP contribution is 2.29. The lowest BCUT2D eigenvalue weighted by Gasteiger charge is -2.06. The standard InChI is InChI=1S/C20H16F3N3O2/c1-2-28-19(27)18-17(26(25-24-18)16-6-4-3-5-7-16)13-10-14-8-11-15(12-9-14)20(21,22)23/h3-13H,2H2,1H3/b13-10+. The normalized spacial score (nSPS) is 11.7. The number of nitrogens with zero attached hydrogens (tertiary/aromatic N) is 3. The van der Waals surface area contributed by atoms with Crippen LogP contribution in [0.15, 0.2) is 54.6 Å². The van der Waals surface area contributed by atoms with Crippen LogP contribution in [0.3, 0.4) is 0 Å². The molecule has 2 aromatic carbocycles. The summed E-state index contributed by atoms with van der Waals surface area (Å²) in [6, 6.07) is 13.7. The van der Waals surface area contributed by atoms with E-state index in [1.807, 2.05) is 18.2 Å². The summed E-state index contributed by atoms with van der Waals surface area (Å²) in [4.78, 5) is 12.2. The Labute approximate surface area is 159 Å². The summed E-state index contributed by atoms with van der Waals surface area (Å²) in [5, 5.41) is 7.92. The molecule has 5 nitrogen and oxygen atoms in total. The predicted molar refractivity (Wildman–Crippen MR) is 97.7 cm³/mol. The van der Waals surface area contributed by atoms with Crippen molar-refractivity contribution in [1.29, 1.82) is 0 Å². The molecule has 0 aliphatic carbocycles. The van der Waals surface area contributed by atoms with Crippen molar-refractivity contribution in [3.63, 3.8) is 0 Å². The largest absolute Gasteiger partial charge is 0.461 e. The monoisotopic (exact) mass is 387 g/mol. The van der Waals surface area contributed by atoms with E-state index in [0.29, 0.717) is 16.9 Å². The van der Waals surface area contributed by atoms with Crippen LogP contribution in [0.1, 0.15) is 34.2 Å². The van der Waals surface area contributed by atoms with Crippen molar-refractivity contribution >= 4 is 18.1 Å². The van der Waals surface area contributed by atoms with E-state index in [4.69, 9.17) is 4.74 Å². The molecule has 0 N–H and O–H groups in total. The third kappa shape index (κ3) is 4.28. The van der Waals surface area contributed by atoms with Gasteiger partial charge in [0.25, 0.3) is 0 Å². The molecule has 3 aromatic rings. The van der Waals surface area contributed by atoms with Gasteiger partial charge in [0.15, 0.2) is 5.69 Å². The Morgan fingerprint density at radius 1 is 1.07 bits per heavy atom. The van der Waals surface area contributed by atoms with Crippen LogP contribution in [-0.2, 0) is 10.9 Å². The van der Waals surface area contributed by atoms with E-state index in [0.717, 1.165) is 12.1 Å². The first-order chi connectivity index (χ1) is 13.4. The van der Waals surface area contributed by atoms with Crippen LogP contribution < -0.4 is 0 Å². The van der Waals surface area contributed by atoms with Crippen LogP contribution >= 0.6 is 0 Å². The zero-order valence-corrected chi connectivity index (χ0v) is 14.8. The molecule has 0 saturated heterocycles. The molecule has 0 unspecified atom stereocenters. The van der Waals surface area contributed by atoms with Crippen LogP contribution in [0.2, 0.25) is 0 Å². The van der Waals surface area contributed by atoms with E-state index in [9.17, 15) is 18.0 Å². The van der Waals surface area contributed by atoms with E-state index in [1.165, 1.54) is 16.8 Å². The molecular formula is C20H16F3N3O2. The van der Waals surface area contributed by atoms with Crippen LogP contribution in [-0.4, -0.2) is 27.6 Å². The number of hydrogen-bond donors (Lipinski definition) is 0. The van der Waals surface area contributed by atoms with Gasteiger partial charge in [-0.1, -0.05) is 41.6 Å². The molecule has 0 amide bonds. The van der Waals surface area contributed by atoms with Gasteiger partial charge in [0.05, 0.1) is 17.9 Å². The van der Waals surface area contributed by atoms with Gasteiger partial charge in [-0.25, -0.2) is 9.48 Å². The molecule has 0 aliphatic rings. The summed E-state index contributed by atoms with van der Waals surface area (Å²) >= 11 is 0. The molecule has 28 heavy (non-hydrogen) atoms. The number of carbonyl (C=O) groups is 1. The SMILES string of the molecule is CCOC(=O)c1nnn(-c2ccccc2)c1/C=C/c1ccc(C(F)(F)F)cc1. The number of aromatic nitrogens is 3. The minimum Gasteiger partial charge on any atom is -0.461 e. The van der Waals surface area contributed by atoms with Gasteiger partial charge in [-0.3, -0.25) is 0 Å². The maximum atomic E-state index is 12.7. The van der Waals surface area contributed by atoms with Crippen molar-refractivity contribution in [3.05, 3.63) is 77.1 Å². The van der Waals surface area contributed by atoms with Gasteiger partial charge in [0, 0.05) is 0 Å². The Morgan fingerprint density at radius 3 is 2.36 bits per heavy atom. The minimum absolute atomic E-state index is 0.0221. The van der Waals surface area contributed by atoms with Crippen LogP contribution in [0.5, 0.6) is 0 Å². The van der Waals surface area contributed by atoms with Crippen molar-refractivity contribution in [2.45, 2.75) is 13.1 Å². The second kappa shape index (κ2) is 8.08. The molecule has 0 aliphatic heterocycles. The smallest absolute Gasteiger partial charge is 0.416 e. The van der Waals surface area contributed by atoms with Crippen LogP contribution in [0.25, 0.3) is 17.8 Å². The Balaban J connectivity index is 1.98. The molecule has 3 rings (SSSR count). The third-order valence-electron chi connectivity index (χ3n) is 3.85. The predicted octanol–water partition coefficient (Wildman–Crippen LogP) is 4.63. The highest BCUT2D eigenvalue weighted by Gasteiger charge is 2.29. The molecule has 0 spiro atoms. The highest BCUT2D eigenvalue weighted by molar-refractivity contribution is 5.92. The third-order valence-corrected chi connectivity index (χ3v) is 3.85. The molecule has 0 fully saturated rings. The van der Waals surface area contributed by atoms with Crippen molar-refractivity contribution in [2.24, 2.45) is 0 Å². The number of hydrogen-bond acceptors (Lipinski definition) is 4. The molecule has 8 heteroatoms. The zero-order chi connectivity index (χ0) is 20.1. The van der Waals surface area contributed by atoms with Gasteiger partial charge < -0.3 is 4.74 Å². The van der Waals surface area contributed by atoms with Crippen LogP contribution in [0.4, 0.5) is 13.2 Å². The maximum absolute atomic E-state index is 12.7. The van der Waals surface area contributed by atoms with E-state index in [2.05, 4.69) is 10.3 Å². The summed E-state index contributed by atoms with van der Waals surface area (Å²) in [6.45, 7) is 1.86. The minimum atomic E-state index is -4.39. The number of carbonyl (C=O) groups excluding carboxylic acids is 1. The van der Waals surface area contributed by atoms with E-state index < -0.39 is 17.7 Å². The molecule has 0 radical (unpaired) electrons. The molecule has 1 aromatic heterocycles. The number of benzene rings is 2. The van der Waals surface area contributed by atoms with Gasteiger partial charge in [-0.15, -0.1) is 5.10 Å². The molecule has 144 valence electrons. The lowest BCUT2D eigenvalue weighted by molar-refractivity contribution is -0.137. The molecular weight excluding hydrogens is 371 g/mol. The number of alkyl halides is 3. The molecule has 1 heterocycles.